The molecule has 94 valence electrons. The molecule has 0 bridgehead atoms. The Balaban J connectivity index is 2.50. The van der Waals surface area contributed by atoms with Gasteiger partial charge in [0.05, 0.1) is 6.04 Å². The molecule has 0 aromatic carbocycles. The third-order valence-corrected chi connectivity index (χ3v) is 4.02. The van der Waals surface area contributed by atoms with Crippen LogP contribution in [0.5, 0.6) is 0 Å². The first-order valence-electron chi connectivity index (χ1n) is 6.51. The number of carbonyl (C=O) groups excluding carboxylic acids is 1. The fraction of sp³-hybridized carbons (Fsp3) is 0.923. The van der Waals surface area contributed by atoms with E-state index >= 15 is 0 Å². The van der Waals surface area contributed by atoms with Crippen LogP contribution in [0.3, 0.4) is 0 Å². The van der Waals surface area contributed by atoms with E-state index in [1.165, 1.54) is 0 Å². The Morgan fingerprint density at radius 1 is 1.44 bits per heavy atom. The molecule has 0 saturated carbocycles. The maximum atomic E-state index is 12.1. The Labute approximate surface area is 99.4 Å². The van der Waals surface area contributed by atoms with Crippen molar-refractivity contribution in [2.24, 2.45) is 23.5 Å². The van der Waals surface area contributed by atoms with Gasteiger partial charge < -0.3 is 10.6 Å². The molecule has 3 heteroatoms. The predicted molar refractivity (Wildman–Crippen MR) is 67.0 cm³/mol. The maximum absolute atomic E-state index is 12.1. The zero-order chi connectivity index (χ0) is 12.3. The smallest absolute Gasteiger partial charge is 0.239 e. The first kappa shape index (κ1) is 13.5. The highest BCUT2D eigenvalue weighted by atomic mass is 16.2. The molecule has 1 aliphatic rings. The topological polar surface area (TPSA) is 46.3 Å². The summed E-state index contributed by atoms with van der Waals surface area (Å²) in [6.07, 6.45) is 2.10. The fourth-order valence-electron chi connectivity index (χ4n) is 2.24. The lowest BCUT2D eigenvalue weighted by molar-refractivity contribution is -0.132. The molecule has 3 atom stereocenters. The monoisotopic (exact) mass is 226 g/mol. The highest BCUT2D eigenvalue weighted by Crippen LogP contribution is 2.24. The van der Waals surface area contributed by atoms with Crippen LogP contribution in [0.1, 0.15) is 40.5 Å². The first-order valence-corrected chi connectivity index (χ1v) is 6.51. The molecular formula is C13H26N2O. The second-order valence-electron chi connectivity index (χ2n) is 5.49. The van der Waals surface area contributed by atoms with E-state index < -0.39 is 0 Å². The van der Waals surface area contributed by atoms with E-state index in [1.807, 2.05) is 4.90 Å². The van der Waals surface area contributed by atoms with Crippen LogP contribution >= 0.6 is 0 Å². The zero-order valence-electron chi connectivity index (χ0n) is 11.1. The first-order chi connectivity index (χ1) is 7.47. The minimum atomic E-state index is -0.309. The molecule has 0 aromatic heterocycles. The van der Waals surface area contributed by atoms with Gasteiger partial charge in [-0.25, -0.2) is 0 Å². The van der Waals surface area contributed by atoms with Crippen LogP contribution in [0.25, 0.3) is 0 Å². The van der Waals surface area contributed by atoms with Crippen molar-refractivity contribution >= 4 is 5.91 Å². The van der Waals surface area contributed by atoms with Gasteiger partial charge in [0.2, 0.25) is 5.91 Å². The van der Waals surface area contributed by atoms with E-state index in [-0.39, 0.29) is 17.9 Å². The Morgan fingerprint density at radius 2 is 2.06 bits per heavy atom. The summed E-state index contributed by atoms with van der Waals surface area (Å²) in [5.74, 6) is 1.76. The van der Waals surface area contributed by atoms with Crippen molar-refractivity contribution in [3.05, 3.63) is 0 Å². The Kier molecular flexibility index (Phi) is 4.78. The molecule has 0 aromatic rings. The molecule has 1 saturated heterocycles. The molecule has 1 amide bonds. The van der Waals surface area contributed by atoms with Gasteiger partial charge >= 0.3 is 0 Å². The van der Waals surface area contributed by atoms with Gasteiger partial charge in [0, 0.05) is 13.1 Å². The van der Waals surface area contributed by atoms with Crippen molar-refractivity contribution in [2.45, 2.75) is 46.6 Å². The van der Waals surface area contributed by atoms with Crippen LogP contribution in [0.2, 0.25) is 0 Å². The Bertz CT molecular complexity index is 240. The van der Waals surface area contributed by atoms with E-state index in [0.717, 1.165) is 25.9 Å². The molecule has 1 heterocycles. The molecule has 2 unspecified atom stereocenters. The summed E-state index contributed by atoms with van der Waals surface area (Å²) in [4.78, 5) is 14.1. The number of nitrogens with two attached hydrogens (primary N) is 1. The molecule has 16 heavy (non-hydrogen) atoms. The lowest BCUT2D eigenvalue weighted by Gasteiger charge is -2.24. The average molecular weight is 226 g/mol. The van der Waals surface area contributed by atoms with Gasteiger partial charge in [-0.15, -0.1) is 0 Å². The van der Waals surface area contributed by atoms with Gasteiger partial charge in [-0.05, 0) is 24.2 Å². The van der Waals surface area contributed by atoms with Crippen LogP contribution in [0.15, 0.2) is 0 Å². The van der Waals surface area contributed by atoms with Crippen molar-refractivity contribution in [1.82, 2.24) is 4.90 Å². The standard InChI is InChI=1S/C13H26N2O/c1-5-10(4)12(14)13(16)15-7-6-11(8-15)9(2)3/h9-12H,5-8,14H2,1-4H3/t10?,11?,12-/m0/s1. The van der Waals surface area contributed by atoms with Gasteiger partial charge in [0.25, 0.3) is 0 Å². The predicted octanol–water partition coefficient (Wildman–Crippen LogP) is 1.86. The number of amides is 1. The van der Waals surface area contributed by atoms with Gasteiger partial charge in [-0.1, -0.05) is 34.1 Å². The minimum Gasteiger partial charge on any atom is -0.341 e. The molecule has 0 radical (unpaired) electrons. The van der Waals surface area contributed by atoms with Crippen molar-refractivity contribution < 1.29 is 4.79 Å². The molecule has 1 aliphatic heterocycles. The number of rotatable bonds is 4. The summed E-state index contributed by atoms with van der Waals surface area (Å²) in [7, 11) is 0. The van der Waals surface area contributed by atoms with Crippen molar-refractivity contribution in [3.8, 4) is 0 Å². The molecule has 0 aliphatic carbocycles. The number of nitrogens with zero attached hydrogens (tertiary/aromatic N) is 1. The second-order valence-corrected chi connectivity index (χ2v) is 5.49. The van der Waals surface area contributed by atoms with E-state index in [9.17, 15) is 4.79 Å². The average Bonchev–Trinajstić information content (AvgIpc) is 2.75. The largest absolute Gasteiger partial charge is 0.341 e. The molecular weight excluding hydrogens is 200 g/mol. The van der Waals surface area contributed by atoms with E-state index in [2.05, 4.69) is 27.7 Å². The van der Waals surface area contributed by atoms with Crippen molar-refractivity contribution in [2.75, 3.05) is 13.1 Å². The molecule has 1 rings (SSSR count). The van der Waals surface area contributed by atoms with Crippen LogP contribution in [0, 0.1) is 17.8 Å². The van der Waals surface area contributed by atoms with Gasteiger partial charge in [-0.3, -0.25) is 4.79 Å². The summed E-state index contributed by atoms with van der Waals surface area (Å²) in [6.45, 7) is 10.4. The normalized spacial score (nSPS) is 24.9. The highest BCUT2D eigenvalue weighted by molar-refractivity contribution is 5.82. The van der Waals surface area contributed by atoms with Gasteiger partial charge in [-0.2, -0.15) is 0 Å². The van der Waals surface area contributed by atoms with Crippen LogP contribution < -0.4 is 5.73 Å². The Morgan fingerprint density at radius 3 is 2.50 bits per heavy atom. The maximum Gasteiger partial charge on any atom is 0.239 e. The van der Waals surface area contributed by atoms with E-state index in [4.69, 9.17) is 5.73 Å². The summed E-state index contributed by atoms with van der Waals surface area (Å²) < 4.78 is 0. The van der Waals surface area contributed by atoms with Crippen LogP contribution in [-0.2, 0) is 4.79 Å². The van der Waals surface area contributed by atoms with E-state index in [0.29, 0.717) is 11.8 Å². The number of hydrogen-bond acceptors (Lipinski definition) is 2. The number of carbonyl (C=O) groups is 1. The van der Waals surface area contributed by atoms with Crippen molar-refractivity contribution in [3.63, 3.8) is 0 Å². The molecule has 0 spiro atoms. The summed E-state index contributed by atoms with van der Waals surface area (Å²) in [5, 5.41) is 0. The SMILES string of the molecule is CCC(C)[C@H](N)C(=O)N1CCC(C(C)C)C1. The highest BCUT2D eigenvalue weighted by Gasteiger charge is 2.31. The lowest BCUT2D eigenvalue weighted by atomic mass is 9.95. The van der Waals surface area contributed by atoms with Gasteiger partial charge in [0.1, 0.15) is 0 Å². The zero-order valence-corrected chi connectivity index (χ0v) is 11.1. The van der Waals surface area contributed by atoms with Gasteiger partial charge in [0.15, 0.2) is 0 Å². The molecule has 3 nitrogen and oxygen atoms in total. The number of likely N-dealkylation sites (tertiary alicyclic amines) is 1. The summed E-state index contributed by atoms with van der Waals surface area (Å²) in [6, 6.07) is -0.309. The van der Waals surface area contributed by atoms with E-state index in [1.54, 1.807) is 0 Å². The van der Waals surface area contributed by atoms with Crippen LogP contribution in [-0.4, -0.2) is 29.9 Å². The quantitative estimate of drug-likeness (QED) is 0.795. The lowest BCUT2D eigenvalue weighted by Crippen LogP contribution is -2.46. The molecule has 2 N–H and O–H groups in total. The second kappa shape index (κ2) is 5.67. The third-order valence-electron chi connectivity index (χ3n) is 4.02. The minimum absolute atomic E-state index is 0.150. The number of hydrogen-bond donors (Lipinski definition) is 1. The molecule has 1 fully saturated rings. The summed E-state index contributed by atoms with van der Waals surface area (Å²) in [5.41, 5.74) is 5.98. The van der Waals surface area contributed by atoms with Crippen LogP contribution in [0.4, 0.5) is 0 Å². The fourth-order valence-corrected chi connectivity index (χ4v) is 2.24. The third kappa shape index (κ3) is 2.97. The summed E-state index contributed by atoms with van der Waals surface area (Å²) >= 11 is 0. The Hall–Kier alpha value is -0.570. The van der Waals surface area contributed by atoms with Crippen molar-refractivity contribution in [1.29, 1.82) is 0 Å².